The Hall–Kier alpha value is -3.31. The van der Waals surface area contributed by atoms with Gasteiger partial charge in [0.05, 0.1) is 34.2 Å². The van der Waals surface area contributed by atoms with Gasteiger partial charge in [0.2, 0.25) is 0 Å². The fourth-order valence-corrected chi connectivity index (χ4v) is 3.57. The average Bonchev–Trinajstić information content (AvgIpc) is 3.34. The van der Waals surface area contributed by atoms with E-state index in [1.165, 1.54) is 0 Å². The molecular formula is C21H23N7S. The highest BCUT2D eigenvalue weighted by Gasteiger charge is 2.15. The van der Waals surface area contributed by atoms with Crippen molar-refractivity contribution in [3.63, 3.8) is 0 Å². The number of nitrogens with zero attached hydrogens (tertiary/aromatic N) is 6. The minimum Gasteiger partial charge on any atom is -0.382 e. The van der Waals surface area contributed by atoms with E-state index in [2.05, 4.69) is 45.5 Å². The number of rotatable bonds is 4. The van der Waals surface area contributed by atoms with E-state index in [1.54, 1.807) is 22.0 Å². The molecular weight excluding hydrogens is 382 g/mol. The summed E-state index contributed by atoms with van der Waals surface area (Å²) in [6, 6.07) is 10.1. The van der Waals surface area contributed by atoms with E-state index in [0.29, 0.717) is 5.56 Å². The third-order valence-electron chi connectivity index (χ3n) is 4.00. The normalized spacial score (nSPS) is 10.5. The van der Waals surface area contributed by atoms with Crippen LogP contribution in [-0.4, -0.2) is 30.8 Å². The summed E-state index contributed by atoms with van der Waals surface area (Å²) in [7, 11) is 0. The van der Waals surface area contributed by atoms with Crippen molar-refractivity contribution >= 4 is 22.5 Å². The first-order valence-electron chi connectivity index (χ1n) is 9.50. The summed E-state index contributed by atoms with van der Waals surface area (Å²) in [6.07, 6.45) is 3.38. The van der Waals surface area contributed by atoms with Crippen molar-refractivity contribution in [3.05, 3.63) is 47.2 Å². The molecule has 4 aromatic rings. The number of aromatic nitrogens is 5. The summed E-state index contributed by atoms with van der Waals surface area (Å²) in [5.41, 5.74) is 4.92. The Kier molecular flexibility index (Phi) is 6.20. The molecule has 0 bridgehead atoms. The molecule has 0 spiro atoms. The number of aryl methyl sites for hydroxylation is 1. The van der Waals surface area contributed by atoms with Crippen LogP contribution in [0.25, 0.3) is 27.5 Å². The molecule has 29 heavy (non-hydrogen) atoms. The SMILES string of the molecule is CC.Cc1nnc(-c2cnc(-c3ccc4cc(C#N)cnn34)cc2NC(C)C)s1. The molecule has 0 saturated heterocycles. The van der Waals surface area contributed by atoms with Crippen LogP contribution in [0.3, 0.4) is 0 Å². The predicted octanol–water partition coefficient (Wildman–Crippen LogP) is 4.94. The molecule has 1 N–H and O–H groups in total. The molecule has 0 amide bonds. The van der Waals surface area contributed by atoms with Crippen molar-refractivity contribution < 1.29 is 0 Å². The summed E-state index contributed by atoms with van der Waals surface area (Å²) < 4.78 is 1.79. The van der Waals surface area contributed by atoms with Crippen LogP contribution in [0, 0.1) is 18.3 Å². The average molecular weight is 406 g/mol. The number of hydrogen-bond acceptors (Lipinski definition) is 7. The monoisotopic (exact) mass is 405 g/mol. The van der Waals surface area contributed by atoms with Gasteiger partial charge < -0.3 is 5.32 Å². The highest BCUT2D eigenvalue weighted by atomic mass is 32.1. The third kappa shape index (κ3) is 4.25. The highest BCUT2D eigenvalue weighted by Crippen LogP contribution is 2.33. The zero-order valence-corrected chi connectivity index (χ0v) is 17.9. The Morgan fingerprint density at radius 3 is 2.59 bits per heavy atom. The molecule has 0 saturated carbocycles. The summed E-state index contributed by atoms with van der Waals surface area (Å²) in [5.74, 6) is 0. The number of nitrogens with one attached hydrogen (secondary N) is 1. The topological polar surface area (TPSA) is 91.8 Å². The predicted molar refractivity (Wildman–Crippen MR) is 117 cm³/mol. The van der Waals surface area contributed by atoms with E-state index < -0.39 is 0 Å². The molecule has 0 fully saturated rings. The summed E-state index contributed by atoms with van der Waals surface area (Å²) in [6.45, 7) is 10.1. The van der Waals surface area contributed by atoms with Crippen LogP contribution in [0.15, 0.2) is 36.7 Å². The van der Waals surface area contributed by atoms with Crippen LogP contribution in [0.2, 0.25) is 0 Å². The number of nitriles is 1. The molecule has 0 aliphatic carbocycles. The van der Waals surface area contributed by atoms with Gasteiger partial charge in [-0.15, -0.1) is 10.2 Å². The lowest BCUT2D eigenvalue weighted by Crippen LogP contribution is -2.11. The van der Waals surface area contributed by atoms with Gasteiger partial charge in [0.15, 0.2) is 5.01 Å². The maximum atomic E-state index is 9.05. The maximum Gasteiger partial charge on any atom is 0.151 e. The van der Waals surface area contributed by atoms with Gasteiger partial charge in [-0.25, -0.2) is 4.52 Å². The molecule has 0 aromatic carbocycles. The maximum absolute atomic E-state index is 9.05. The van der Waals surface area contributed by atoms with Gasteiger partial charge in [0.1, 0.15) is 11.1 Å². The smallest absolute Gasteiger partial charge is 0.151 e. The second-order valence-electron chi connectivity index (χ2n) is 6.45. The Labute approximate surface area is 174 Å². The molecule has 4 aromatic heterocycles. The largest absolute Gasteiger partial charge is 0.382 e. The van der Waals surface area contributed by atoms with Gasteiger partial charge in [-0.05, 0) is 45.0 Å². The summed E-state index contributed by atoms with van der Waals surface area (Å²) >= 11 is 1.54. The Balaban J connectivity index is 0.00000117. The quantitative estimate of drug-likeness (QED) is 0.517. The zero-order chi connectivity index (χ0) is 21.0. The number of anilines is 1. The zero-order valence-electron chi connectivity index (χ0n) is 17.1. The first-order chi connectivity index (χ1) is 14.0. The molecule has 4 heterocycles. The number of hydrogen-bond donors (Lipinski definition) is 1. The van der Waals surface area contributed by atoms with Crippen molar-refractivity contribution in [1.29, 1.82) is 5.26 Å². The van der Waals surface area contributed by atoms with E-state index in [0.717, 1.165) is 38.2 Å². The molecule has 0 aliphatic rings. The molecule has 4 rings (SSSR count). The summed E-state index contributed by atoms with van der Waals surface area (Å²) in [5, 5.41) is 27.0. The molecule has 148 valence electrons. The standard InChI is InChI=1S/C19H17N7S.C2H6/c1-11(2)23-16-7-17(21-10-15(16)19-25-24-12(3)27-19)18-5-4-14-6-13(8-20)9-22-26(14)18;1-2/h4-7,9-11H,1-3H3,(H,21,23);1-2H3. The number of fused-ring (bicyclic) bond motifs is 1. The molecule has 0 aliphatic heterocycles. The van der Waals surface area contributed by atoms with Crippen molar-refractivity contribution in [1.82, 2.24) is 24.8 Å². The molecule has 0 atom stereocenters. The lowest BCUT2D eigenvalue weighted by Gasteiger charge is -2.14. The van der Waals surface area contributed by atoms with Gasteiger partial charge in [-0.3, -0.25) is 4.98 Å². The van der Waals surface area contributed by atoms with Crippen LogP contribution < -0.4 is 5.32 Å². The van der Waals surface area contributed by atoms with Crippen molar-refractivity contribution in [2.45, 2.75) is 40.7 Å². The Bertz CT molecular complexity index is 1170. The highest BCUT2D eigenvalue weighted by molar-refractivity contribution is 7.14. The first-order valence-corrected chi connectivity index (χ1v) is 10.3. The lowest BCUT2D eigenvalue weighted by molar-refractivity contribution is 0.898. The van der Waals surface area contributed by atoms with Crippen LogP contribution >= 0.6 is 11.3 Å². The molecule has 0 unspecified atom stereocenters. The number of pyridine rings is 1. The van der Waals surface area contributed by atoms with E-state index in [1.807, 2.05) is 51.2 Å². The van der Waals surface area contributed by atoms with Gasteiger partial charge in [0, 0.05) is 17.9 Å². The Morgan fingerprint density at radius 2 is 1.93 bits per heavy atom. The third-order valence-corrected chi connectivity index (χ3v) is 4.87. The minimum absolute atomic E-state index is 0.258. The van der Waals surface area contributed by atoms with E-state index >= 15 is 0 Å². The van der Waals surface area contributed by atoms with E-state index in [4.69, 9.17) is 5.26 Å². The fourth-order valence-electron chi connectivity index (χ4n) is 2.86. The first kappa shape index (κ1) is 20.4. The molecule has 0 radical (unpaired) electrons. The van der Waals surface area contributed by atoms with Crippen LogP contribution in [0.5, 0.6) is 0 Å². The van der Waals surface area contributed by atoms with Gasteiger partial charge in [-0.2, -0.15) is 10.4 Å². The summed E-state index contributed by atoms with van der Waals surface area (Å²) in [4.78, 5) is 4.64. The molecule has 7 nitrogen and oxygen atoms in total. The van der Waals surface area contributed by atoms with Crippen LogP contribution in [0.4, 0.5) is 5.69 Å². The van der Waals surface area contributed by atoms with E-state index in [9.17, 15) is 0 Å². The minimum atomic E-state index is 0.258. The van der Waals surface area contributed by atoms with Crippen LogP contribution in [0.1, 0.15) is 38.3 Å². The van der Waals surface area contributed by atoms with Gasteiger partial charge in [-0.1, -0.05) is 25.2 Å². The second kappa shape index (κ2) is 8.80. The van der Waals surface area contributed by atoms with E-state index in [-0.39, 0.29) is 6.04 Å². The molecule has 8 heteroatoms. The van der Waals surface area contributed by atoms with Crippen molar-refractivity contribution in [3.8, 4) is 28.0 Å². The van der Waals surface area contributed by atoms with Crippen molar-refractivity contribution in [2.24, 2.45) is 0 Å². The fraction of sp³-hybridized carbons (Fsp3) is 0.286. The Morgan fingerprint density at radius 1 is 1.14 bits per heavy atom. The van der Waals surface area contributed by atoms with Crippen LogP contribution in [-0.2, 0) is 0 Å². The lowest BCUT2D eigenvalue weighted by atomic mass is 10.1. The van der Waals surface area contributed by atoms with Crippen molar-refractivity contribution in [2.75, 3.05) is 5.32 Å². The van der Waals surface area contributed by atoms with Gasteiger partial charge in [0.25, 0.3) is 0 Å². The second-order valence-corrected chi connectivity index (χ2v) is 7.63. The van der Waals surface area contributed by atoms with Gasteiger partial charge >= 0.3 is 0 Å².